The summed E-state index contributed by atoms with van der Waals surface area (Å²) in [5, 5.41) is 2.72. The average molecular weight is 471 g/mol. The number of rotatable bonds is 2. The Bertz CT molecular complexity index is 1410. The Labute approximate surface area is 208 Å². The number of fused-ring (bicyclic) bond motifs is 3. The van der Waals surface area contributed by atoms with Gasteiger partial charge in [0.15, 0.2) is 0 Å². The Morgan fingerprint density at radius 1 is 0.543 bits per heavy atom. The lowest BCUT2D eigenvalue weighted by Crippen LogP contribution is -2.49. The molecule has 2 nitrogen and oxygen atoms in total. The van der Waals surface area contributed by atoms with Crippen molar-refractivity contribution in [1.82, 2.24) is 0 Å². The molecule has 0 saturated heterocycles. The van der Waals surface area contributed by atoms with Crippen molar-refractivity contribution in [2.75, 3.05) is 14.2 Å². The van der Waals surface area contributed by atoms with Crippen LogP contribution in [-0.4, -0.2) is 22.3 Å². The van der Waals surface area contributed by atoms with Crippen molar-refractivity contribution >= 4 is 18.4 Å². The van der Waals surface area contributed by atoms with E-state index in [1.165, 1.54) is 21.5 Å². The number of hydrogen-bond donors (Lipinski definition) is 0. The van der Waals surface area contributed by atoms with Gasteiger partial charge in [0.2, 0.25) is 0 Å². The van der Waals surface area contributed by atoms with Crippen LogP contribution in [0, 0.1) is 23.7 Å². The van der Waals surface area contributed by atoms with Crippen LogP contribution in [0.3, 0.4) is 0 Å². The van der Waals surface area contributed by atoms with Crippen molar-refractivity contribution < 1.29 is 9.47 Å². The van der Waals surface area contributed by atoms with Gasteiger partial charge in [-0.25, -0.2) is 0 Å². The summed E-state index contributed by atoms with van der Waals surface area (Å²) in [6.07, 6.45) is 0. The molecule has 0 fully saturated rings. The van der Waals surface area contributed by atoms with E-state index in [4.69, 9.17) is 9.47 Å². The van der Waals surface area contributed by atoms with E-state index >= 15 is 0 Å². The summed E-state index contributed by atoms with van der Waals surface area (Å²) >= 11 is 0. The van der Waals surface area contributed by atoms with Gasteiger partial charge in [-0.15, -0.1) is 0 Å². The third-order valence-electron chi connectivity index (χ3n) is 6.55. The molecule has 0 radical (unpaired) electrons. The first-order valence-electron chi connectivity index (χ1n) is 11.6. The fraction of sp³-hybridized carbons (Fsp3) is 0.125. The lowest BCUT2D eigenvalue weighted by atomic mass is 10.0. The van der Waals surface area contributed by atoms with E-state index in [1.807, 2.05) is 60.7 Å². The van der Waals surface area contributed by atoms with Gasteiger partial charge in [0.25, 0.3) is 0 Å². The molecule has 0 unspecified atom stereocenters. The Balaban J connectivity index is 1.62. The second kappa shape index (κ2) is 9.22. The zero-order valence-corrected chi connectivity index (χ0v) is 21.4. The van der Waals surface area contributed by atoms with Gasteiger partial charge in [-0.1, -0.05) is 73.2 Å². The lowest BCUT2D eigenvalue weighted by molar-refractivity contribution is 0.413. The molecule has 0 atom stereocenters. The Morgan fingerprint density at radius 3 is 1.31 bits per heavy atom. The third kappa shape index (κ3) is 4.23. The SMILES string of the molecule is COc1cc2c(cc1C#Cc1ccccc1)[Si](C)(C)c1cc(C#Cc3ccccc3)c(OC)cc1-2. The Hall–Kier alpha value is -4.18. The largest absolute Gasteiger partial charge is 0.495 e. The Kier molecular flexibility index (Phi) is 5.95. The maximum Gasteiger partial charge on any atom is 0.135 e. The van der Waals surface area contributed by atoms with Crippen molar-refractivity contribution in [2.45, 2.75) is 13.1 Å². The van der Waals surface area contributed by atoms with E-state index in [0.717, 1.165) is 33.8 Å². The number of hydrogen-bond acceptors (Lipinski definition) is 2. The molecule has 4 aromatic rings. The summed E-state index contributed by atoms with van der Waals surface area (Å²) in [5.41, 5.74) is 6.22. The highest BCUT2D eigenvalue weighted by atomic mass is 28.3. The van der Waals surface area contributed by atoms with Crippen LogP contribution in [0.1, 0.15) is 22.3 Å². The molecule has 0 N–H and O–H groups in total. The van der Waals surface area contributed by atoms with Gasteiger partial charge in [0, 0.05) is 11.1 Å². The van der Waals surface area contributed by atoms with E-state index in [1.54, 1.807) is 14.2 Å². The monoisotopic (exact) mass is 470 g/mol. The molecule has 0 bridgehead atoms. The minimum atomic E-state index is -1.98. The molecule has 35 heavy (non-hydrogen) atoms. The predicted octanol–water partition coefficient (Wildman–Crippen LogP) is 5.31. The van der Waals surface area contributed by atoms with Crippen LogP contribution in [0.2, 0.25) is 13.1 Å². The molecule has 0 saturated carbocycles. The molecule has 3 heteroatoms. The van der Waals surface area contributed by atoms with E-state index in [-0.39, 0.29) is 0 Å². The van der Waals surface area contributed by atoms with Crippen molar-refractivity contribution in [3.63, 3.8) is 0 Å². The highest BCUT2D eigenvalue weighted by molar-refractivity contribution is 7.03. The highest BCUT2D eigenvalue weighted by Gasteiger charge is 2.39. The van der Waals surface area contributed by atoms with E-state index in [0.29, 0.717) is 0 Å². The van der Waals surface area contributed by atoms with Crippen LogP contribution >= 0.6 is 0 Å². The zero-order valence-electron chi connectivity index (χ0n) is 20.4. The van der Waals surface area contributed by atoms with Gasteiger partial charge in [0.1, 0.15) is 19.6 Å². The number of benzene rings is 4. The highest BCUT2D eigenvalue weighted by Crippen LogP contribution is 2.36. The zero-order chi connectivity index (χ0) is 24.4. The summed E-state index contributed by atoms with van der Waals surface area (Å²) in [7, 11) is 1.43. The summed E-state index contributed by atoms with van der Waals surface area (Å²) in [6.45, 7) is 4.78. The summed E-state index contributed by atoms with van der Waals surface area (Å²) in [6, 6.07) is 28.8. The van der Waals surface area contributed by atoms with E-state index in [2.05, 4.69) is 61.0 Å². The van der Waals surface area contributed by atoms with Crippen LogP contribution in [0.4, 0.5) is 0 Å². The molecule has 1 heterocycles. The second-order valence-electron chi connectivity index (χ2n) is 9.05. The van der Waals surface area contributed by atoms with Gasteiger partial charge in [-0.2, -0.15) is 0 Å². The standard InChI is InChI=1S/C32H26O2Si/c1-33-29-21-27-28-22-30(34-2)26(18-16-24-13-9-6-10-14-24)20-32(28)35(3,4)31(27)19-25(29)17-15-23-11-7-5-8-12-23/h5-14,19-22H,1-4H3. The average Bonchev–Trinajstić information content (AvgIpc) is 3.11. The summed E-state index contributed by atoms with van der Waals surface area (Å²) in [4.78, 5) is 0. The van der Waals surface area contributed by atoms with E-state index < -0.39 is 8.07 Å². The van der Waals surface area contributed by atoms with Gasteiger partial charge in [-0.05, 0) is 70.0 Å². The first-order chi connectivity index (χ1) is 17.0. The van der Waals surface area contributed by atoms with Crippen LogP contribution in [0.5, 0.6) is 11.5 Å². The van der Waals surface area contributed by atoms with Crippen LogP contribution < -0.4 is 19.8 Å². The molecule has 4 aromatic carbocycles. The molecule has 1 aliphatic heterocycles. The molecule has 170 valence electrons. The van der Waals surface area contributed by atoms with Crippen molar-refractivity contribution in [2.24, 2.45) is 0 Å². The Morgan fingerprint density at radius 2 is 0.943 bits per heavy atom. The molecular weight excluding hydrogens is 444 g/mol. The molecule has 0 spiro atoms. The molecule has 1 aliphatic rings. The molecule has 5 rings (SSSR count). The fourth-order valence-electron chi connectivity index (χ4n) is 4.64. The first kappa shape index (κ1) is 22.6. The lowest BCUT2D eigenvalue weighted by Gasteiger charge is -2.20. The van der Waals surface area contributed by atoms with Crippen LogP contribution in [0.25, 0.3) is 11.1 Å². The normalized spacial score (nSPS) is 12.3. The van der Waals surface area contributed by atoms with Crippen molar-refractivity contribution in [1.29, 1.82) is 0 Å². The summed E-state index contributed by atoms with van der Waals surface area (Å²) < 4.78 is 11.5. The second-order valence-corrected chi connectivity index (χ2v) is 13.4. The maximum absolute atomic E-state index is 5.77. The molecule has 0 aliphatic carbocycles. The topological polar surface area (TPSA) is 18.5 Å². The molecule has 0 amide bonds. The van der Waals surface area contributed by atoms with Crippen molar-refractivity contribution in [3.05, 3.63) is 107 Å². The van der Waals surface area contributed by atoms with Gasteiger partial charge in [-0.3, -0.25) is 0 Å². The minimum Gasteiger partial charge on any atom is -0.495 e. The van der Waals surface area contributed by atoms with Crippen LogP contribution in [-0.2, 0) is 0 Å². The molecular formula is C32H26O2Si. The number of ether oxygens (including phenoxy) is 2. The van der Waals surface area contributed by atoms with Gasteiger partial charge < -0.3 is 9.47 Å². The third-order valence-corrected chi connectivity index (χ3v) is 10.1. The predicted molar refractivity (Wildman–Crippen MR) is 147 cm³/mol. The van der Waals surface area contributed by atoms with Crippen LogP contribution in [0.15, 0.2) is 84.9 Å². The van der Waals surface area contributed by atoms with Gasteiger partial charge in [0.05, 0.1) is 25.3 Å². The summed E-state index contributed by atoms with van der Waals surface area (Å²) in [5.74, 6) is 14.8. The minimum absolute atomic E-state index is 0.789. The molecule has 0 aromatic heterocycles. The fourth-order valence-corrected chi connectivity index (χ4v) is 7.70. The quantitative estimate of drug-likeness (QED) is 0.292. The number of methoxy groups -OCH3 is 2. The first-order valence-corrected chi connectivity index (χ1v) is 14.6. The smallest absolute Gasteiger partial charge is 0.135 e. The maximum atomic E-state index is 5.77. The van der Waals surface area contributed by atoms with E-state index in [9.17, 15) is 0 Å². The van der Waals surface area contributed by atoms with Crippen molar-refractivity contribution in [3.8, 4) is 46.3 Å². The van der Waals surface area contributed by atoms with Gasteiger partial charge >= 0.3 is 0 Å².